The molecular weight excluding hydrogens is 1330 g/mol. The third-order valence-electron chi connectivity index (χ3n) is 17.1. The highest BCUT2D eigenvalue weighted by molar-refractivity contribution is 7.47. The van der Waals surface area contributed by atoms with Gasteiger partial charge in [-0.05, 0) is 83.5 Å². The summed E-state index contributed by atoms with van der Waals surface area (Å²) in [5, 5.41) is 10.6. The van der Waals surface area contributed by atoms with Crippen molar-refractivity contribution in [2.24, 2.45) is 0 Å². The van der Waals surface area contributed by atoms with Gasteiger partial charge in [0.1, 0.15) is 19.3 Å². The first-order valence-electron chi connectivity index (χ1n) is 40.5. The van der Waals surface area contributed by atoms with Crippen LogP contribution in [-0.2, 0) is 65.4 Å². The van der Waals surface area contributed by atoms with Crippen LogP contribution in [0.25, 0.3) is 0 Å². The Balaban J connectivity index is 5.40. The van der Waals surface area contributed by atoms with Crippen LogP contribution in [0, 0.1) is 0 Å². The van der Waals surface area contributed by atoms with Crippen molar-refractivity contribution in [2.45, 2.75) is 367 Å². The number of rotatable bonds is 76. The van der Waals surface area contributed by atoms with E-state index < -0.39 is 97.5 Å². The summed E-state index contributed by atoms with van der Waals surface area (Å²) >= 11 is 0. The minimum absolute atomic E-state index is 0.0987. The summed E-state index contributed by atoms with van der Waals surface area (Å²) in [6.07, 6.45) is 79.8. The van der Waals surface area contributed by atoms with Crippen LogP contribution in [0.1, 0.15) is 349 Å². The normalized spacial score (nSPS) is 14.4. The molecule has 0 aromatic carbocycles. The lowest BCUT2D eigenvalue weighted by Crippen LogP contribution is -2.30. The highest BCUT2D eigenvalue weighted by atomic mass is 31.2. The summed E-state index contributed by atoms with van der Waals surface area (Å²) < 4.78 is 68.5. The molecule has 590 valence electrons. The smallest absolute Gasteiger partial charge is 0.462 e. The van der Waals surface area contributed by atoms with Gasteiger partial charge in [0, 0.05) is 19.3 Å². The summed E-state index contributed by atoms with van der Waals surface area (Å²) in [7, 11) is -9.98. The molecule has 0 aliphatic rings. The average molecular weight is 1480 g/mol. The van der Waals surface area contributed by atoms with Crippen LogP contribution in [0.15, 0.2) is 97.2 Å². The van der Waals surface area contributed by atoms with E-state index in [9.17, 15) is 43.2 Å². The van der Waals surface area contributed by atoms with E-state index in [-0.39, 0.29) is 25.7 Å². The number of carbonyl (C=O) groups excluding carboxylic acids is 4. The second-order valence-electron chi connectivity index (χ2n) is 27.0. The first-order valence-corrected chi connectivity index (χ1v) is 43.5. The van der Waals surface area contributed by atoms with E-state index in [0.717, 1.165) is 135 Å². The van der Waals surface area contributed by atoms with Crippen LogP contribution in [0.2, 0.25) is 0 Å². The maximum absolute atomic E-state index is 13.1. The molecule has 0 bridgehead atoms. The lowest BCUT2D eigenvalue weighted by atomic mass is 10.0. The maximum Gasteiger partial charge on any atom is 0.472 e. The summed E-state index contributed by atoms with van der Waals surface area (Å²) in [4.78, 5) is 73.0. The molecule has 5 unspecified atom stereocenters. The molecule has 0 saturated carbocycles. The summed E-state index contributed by atoms with van der Waals surface area (Å²) in [6.45, 7) is 4.59. The van der Waals surface area contributed by atoms with Gasteiger partial charge in [0.15, 0.2) is 12.2 Å². The molecule has 5 atom stereocenters. The number of hydrogen-bond acceptors (Lipinski definition) is 15. The van der Waals surface area contributed by atoms with E-state index in [4.69, 9.17) is 37.0 Å². The van der Waals surface area contributed by atoms with Crippen molar-refractivity contribution in [3.8, 4) is 0 Å². The number of aliphatic hydroxyl groups is 1. The molecule has 3 N–H and O–H groups in total. The Morgan fingerprint density at radius 1 is 0.294 bits per heavy atom. The first kappa shape index (κ1) is 98.0. The largest absolute Gasteiger partial charge is 0.472 e. The fourth-order valence-corrected chi connectivity index (χ4v) is 12.6. The zero-order chi connectivity index (χ0) is 74.6. The summed E-state index contributed by atoms with van der Waals surface area (Å²) in [6, 6.07) is 0. The lowest BCUT2D eigenvalue weighted by molar-refractivity contribution is -0.161. The molecule has 0 aromatic rings. The van der Waals surface area contributed by atoms with Gasteiger partial charge in [-0.1, -0.05) is 337 Å². The number of hydrogen-bond donors (Lipinski definition) is 3. The molecule has 0 radical (unpaired) electrons. The Morgan fingerprint density at radius 2 is 0.549 bits per heavy atom. The minimum Gasteiger partial charge on any atom is -0.462 e. The number of carbonyl (C=O) groups is 4. The Labute approximate surface area is 620 Å². The van der Waals surface area contributed by atoms with Crippen LogP contribution in [0.3, 0.4) is 0 Å². The zero-order valence-electron chi connectivity index (χ0n) is 64.5. The second-order valence-corrected chi connectivity index (χ2v) is 29.9. The van der Waals surface area contributed by atoms with E-state index in [0.29, 0.717) is 25.7 Å². The van der Waals surface area contributed by atoms with Gasteiger partial charge in [0.2, 0.25) is 0 Å². The number of aliphatic hydroxyl groups excluding tert-OH is 1. The number of ether oxygens (including phenoxy) is 4. The van der Waals surface area contributed by atoms with Gasteiger partial charge in [-0.2, -0.15) is 0 Å². The molecule has 0 fully saturated rings. The second kappa shape index (κ2) is 75.2. The fourth-order valence-electron chi connectivity index (χ4n) is 11.0. The Morgan fingerprint density at radius 3 is 0.873 bits per heavy atom. The van der Waals surface area contributed by atoms with Gasteiger partial charge in [0.25, 0.3) is 0 Å². The SMILES string of the molecule is CC/C=C\C/C=C\C/C=C\C/C=C\C/C=C\CC(=O)OC(COC(=O)CCCCCCCCC/C=C\C/C=C\C/C=C\CC)COP(=O)(O)OCC(O)COP(=O)(O)OCC(COC(=O)CCCCCCCCCCCCCCCCC)OC(=O)CCCCCCCCCCCCCCCCC. The van der Waals surface area contributed by atoms with Crippen molar-refractivity contribution in [2.75, 3.05) is 39.6 Å². The van der Waals surface area contributed by atoms with Crippen molar-refractivity contribution in [3.05, 3.63) is 97.2 Å². The highest BCUT2D eigenvalue weighted by Gasteiger charge is 2.30. The zero-order valence-corrected chi connectivity index (χ0v) is 66.3. The molecule has 0 amide bonds. The molecule has 19 heteroatoms. The molecule has 0 aliphatic carbocycles. The van der Waals surface area contributed by atoms with Gasteiger partial charge >= 0.3 is 39.5 Å². The predicted molar refractivity (Wildman–Crippen MR) is 418 cm³/mol. The molecule has 0 rings (SSSR count). The van der Waals surface area contributed by atoms with Crippen LogP contribution in [0.5, 0.6) is 0 Å². The van der Waals surface area contributed by atoms with E-state index in [2.05, 4.69) is 101 Å². The topological polar surface area (TPSA) is 237 Å². The quantitative estimate of drug-likeness (QED) is 0.0169. The third-order valence-corrected chi connectivity index (χ3v) is 19.0. The predicted octanol–water partition coefficient (Wildman–Crippen LogP) is 23.6. The molecule has 17 nitrogen and oxygen atoms in total. The van der Waals surface area contributed by atoms with E-state index in [1.165, 1.54) is 135 Å². The number of unbranched alkanes of at least 4 members (excludes halogenated alkanes) is 35. The summed E-state index contributed by atoms with van der Waals surface area (Å²) in [5.74, 6) is -2.31. The minimum atomic E-state index is -5.00. The Kier molecular flexibility index (Phi) is 72.3. The molecule has 0 spiro atoms. The number of phosphoric acid groups is 2. The van der Waals surface area contributed by atoms with Crippen molar-refractivity contribution >= 4 is 39.5 Å². The van der Waals surface area contributed by atoms with Gasteiger partial charge in [-0.25, -0.2) is 9.13 Å². The van der Waals surface area contributed by atoms with Gasteiger partial charge in [0.05, 0.1) is 32.8 Å². The lowest BCUT2D eigenvalue weighted by Gasteiger charge is -2.21. The monoisotopic (exact) mass is 1480 g/mol. The van der Waals surface area contributed by atoms with Crippen molar-refractivity contribution in [3.63, 3.8) is 0 Å². The van der Waals surface area contributed by atoms with E-state index in [1.54, 1.807) is 12.2 Å². The maximum atomic E-state index is 13.1. The van der Waals surface area contributed by atoms with E-state index in [1.807, 2.05) is 12.2 Å². The highest BCUT2D eigenvalue weighted by Crippen LogP contribution is 2.45. The van der Waals surface area contributed by atoms with Crippen LogP contribution in [0.4, 0.5) is 0 Å². The van der Waals surface area contributed by atoms with Crippen molar-refractivity contribution in [1.82, 2.24) is 0 Å². The number of allylic oxidation sites excluding steroid dienone is 15. The third kappa shape index (κ3) is 74.3. The molecular formula is C83H146O17P2. The number of esters is 4. The molecule has 0 saturated heterocycles. The van der Waals surface area contributed by atoms with Crippen LogP contribution in [-0.4, -0.2) is 96.7 Å². The van der Waals surface area contributed by atoms with Gasteiger partial charge in [-0.3, -0.25) is 37.3 Å². The first-order chi connectivity index (χ1) is 49.7. The van der Waals surface area contributed by atoms with Crippen molar-refractivity contribution in [1.29, 1.82) is 0 Å². The van der Waals surface area contributed by atoms with Crippen LogP contribution < -0.4 is 0 Å². The fraction of sp³-hybridized carbons (Fsp3) is 0.759. The standard InChI is InChI=1S/C83H146O17P2/c1-5-9-13-17-21-25-29-33-37-38-42-44-48-52-56-60-64-68-81(86)94-74-79(100-83(88)70-66-62-58-54-50-46-41-36-32-28-24-20-16-12-8-4)76-98-102(91,92)96-72-77(84)71-95-101(89,90)97-75-78(99-82(87)69-65-61-57-53-49-45-40-35-31-27-23-19-15-11-7-3)73-93-80(85)67-63-59-55-51-47-43-39-34-30-26-22-18-14-10-6-2/h9,12-13,16,21,24-25,28,33,36-37,41,50,54,62,66,77-79,84H,5-8,10-11,14-15,17-20,22-23,26-27,29-32,34-35,38-40,42-49,51-53,55-61,63-65,67-76H2,1-4H3,(H,89,90)(H,91,92)/b13-9-,16-12-,25-21-,28-24-,37-33-,41-36-,54-50-,66-62-. The average Bonchev–Trinajstić information content (AvgIpc) is 0.919. The van der Waals surface area contributed by atoms with E-state index >= 15 is 0 Å². The molecule has 102 heavy (non-hydrogen) atoms. The van der Waals surface area contributed by atoms with Gasteiger partial charge < -0.3 is 33.8 Å². The molecule has 0 aliphatic heterocycles. The Hall–Kier alpha value is -4.02. The van der Waals surface area contributed by atoms with Crippen molar-refractivity contribution < 1.29 is 80.2 Å². The van der Waals surface area contributed by atoms with Crippen LogP contribution >= 0.6 is 15.6 Å². The summed E-state index contributed by atoms with van der Waals surface area (Å²) in [5.41, 5.74) is 0. The Bertz CT molecular complexity index is 2310. The molecule has 0 heterocycles. The molecule has 0 aromatic heterocycles. The van der Waals surface area contributed by atoms with Gasteiger partial charge in [-0.15, -0.1) is 0 Å². The number of phosphoric ester groups is 2.